The molecule has 1 aliphatic rings. The van der Waals surface area contributed by atoms with Gasteiger partial charge >= 0.3 is 0 Å². The zero-order valence-corrected chi connectivity index (χ0v) is 18.5. The number of amides is 1. The lowest BCUT2D eigenvalue weighted by Crippen LogP contribution is -2.37. The van der Waals surface area contributed by atoms with Crippen LogP contribution in [0.4, 0.5) is 0 Å². The van der Waals surface area contributed by atoms with Crippen LogP contribution < -0.4 is 0 Å². The highest BCUT2D eigenvalue weighted by molar-refractivity contribution is 7.10. The Morgan fingerprint density at radius 2 is 1.93 bits per heavy atom. The van der Waals surface area contributed by atoms with Crippen LogP contribution in [0.5, 0.6) is 0 Å². The van der Waals surface area contributed by atoms with E-state index in [1.807, 2.05) is 12.1 Å². The Balaban J connectivity index is 1.35. The maximum Gasteiger partial charge on any atom is 0.225 e. The maximum atomic E-state index is 13.2. The molecule has 1 amide bonds. The van der Waals surface area contributed by atoms with Crippen molar-refractivity contribution in [2.45, 2.75) is 32.4 Å². The Morgan fingerprint density at radius 1 is 1.13 bits per heavy atom. The molecular weight excluding hydrogens is 390 g/mol. The Hall–Kier alpha value is -2.37. The molecule has 1 saturated heterocycles. The van der Waals surface area contributed by atoms with Gasteiger partial charge < -0.3 is 9.47 Å². The molecule has 0 aliphatic carbocycles. The van der Waals surface area contributed by atoms with Gasteiger partial charge in [0.05, 0.1) is 12.5 Å². The summed E-state index contributed by atoms with van der Waals surface area (Å²) in [4.78, 5) is 19.1. The predicted octanol–water partition coefficient (Wildman–Crippen LogP) is 4.90. The first-order valence-electron chi connectivity index (χ1n) is 10.9. The van der Waals surface area contributed by atoms with Crippen molar-refractivity contribution in [2.24, 2.45) is 5.92 Å². The largest absolute Gasteiger partial charge is 0.346 e. The molecule has 30 heavy (non-hydrogen) atoms. The Bertz CT molecular complexity index is 858. The summed E-state index contributed by atoms with van der Waals surface area (Å²) in [6, 6.07) is 19.0. The van der Waals surface area contributed by atoms with E-state index in [0.29, 0.717) is 12.3 Å². The van der Waals surface area contributed by atoms with Crippen molar-refractivity contribution in [3.05, 3.63) is 82.8 Å². The summed E-state index contributed by atoms with van der Waals surface area (Å²) < 4.78 is 2.16. The van der Waals surface area contributed by atoms with Gasteiger partial charge in [0.15, 0.2) is 0 Å². The van der Waals surface area contributed by atoms with Crippen molar-refractivity contribution in [2.75, 3.05) is 26.2 Å². The van der Waals surface area contributed by atoms with Gasteiger partial charge in [0.2, 0.25) is 5.91 Å². The third kappa shape index (κ3) is 5.21. The molecule has 0 bridgehead atoms. The number of nitrogens with zero attached hydrogens (tertiary/aromatic N) is 3. The van der Waals surface area contributed by atoms with Crippen LogP contribution >= 0.6 is 11.3 Å². The molecule has 0 unspecified atom stereocenters. The molecule has 2 atom stereocenters. The molecule has 4 rings (SSSR count). The van der Waals surface area contributed by atoms with Crippen LogP contribution in [0.2, 0.25) is 0 Å². The molecule has 3 heterocycles. The smallest absolute Gasteiger partial charge is 0.225 e. The molecule has 0 radical (unpaired) electrons. The summed E-state index contributed by atoms with van der Waals surface area (Å²) >= 11 is 1.73. The predicted molar refractivity (Wildman–Crippen MR) is 124 cm³/mol. The first-order chi connectivity index (χ1) is 14.7. The van der Waals surface area contributed by atoms with Crippen molar-refractivity contribution >= 4 is 17.2 Å². The summed E-state index contributed by atoms with van der Waals surface area (Å²) in [6.45, 7) is 6.94. The fraction of sp³-hybridized carbons (Fsp3) is 0.400. The third-order valence-electron chi connectivity index (χ3n) is 6.06. The molecule has 1 aromatic carbocycles. The number of aromatic nitrogens is 1. The van der Waals surface area contributed by atoms with E-state index in [1.165, 1.54) is 16.9 Å². The van der Waals surface area contributed by atoms with Gasteiger partial charge in [-0.2, -0.15) is 0 Å². The first-order valence-corrected chi connectivity index (χ1v) is 11.8. The van der Waals surface area contributed by atoms with E-state index in [-0.39, 0.29) is 11.9 Å². The Kier molecular flexibility index (Phi) is 7.03. The van der Waals surface area contributed by atoms with Crippen LogP contribution in [0.15, 0.2) is 72.4 Å². The normalized spacial score (nSPS) is 17.8. The Labute approximate surface area is 183 Å². The number of thiophene rings is 1. The molecule has 0 saturated carbocycles. The lowest BCUT2D eigenvalue weighted by Gasteiger charge is -2.27. The summed E-state index contributed by atoms with van der Waals surface area (Å²) in [5.41, 5.74) is 1.37. The number of benzene rings is 1. The highest BCUT2D eigenvalue weighted by Gasteiger charge is 2.27. The molecular formula is C25H31N3OS. The van der Waals surface area contributed by atoms with Crippen LogP contribution in [0.25, 0.3) is 0 Å². The van der Waals surface area contributed by atoms with E-state index in [0.717, 1.165) is 32.7 Å². The van der Waals surface area contributed by atoms with Gasteiger partial charge in [0.1, 0.15) is 0 Å². The fourth-order valence-corrected chi connectivity index (χ4v) is 5.28. The second kappa shape index (κ2) is 10.1. The van der Waals surface area contributed by atoms with Crippen molar-refractivity contribution in [3.8, 4) is 0 Å². The molecule has 0 spiro atoms. The van der Waals surface area contributed by atoms with Crippen LogP contribution in [0, 0.1) is 5.92 Å². The average molecular weight is 422 g/mol. The number of hydrogen-bond acceptors (Lipinski definition) is 3. The van der Waals surface area contributed by atoms with Crippen LogP contribution in [-0.2, 0) is 11.3 Å². The van der Waals surface area contributed by atoms with Crippen molar-refractivity contribution in [1.29, 1.82) is 0 Å². The maximum absolute atomic E-state index is 13.2. The van der Waals surface area contributed by atoms with Gasteiger partial charge in [-0.15, -0.1) is 11.3 Å². The highest BCUT2D eigenvalue weighted by atomic mass is 32.1. The number of carbonyl (C=O) groups is 1. The van der Waals surface area contributed by atoms with E-state index in [2.05, 4.69) is 81.5 Å². The minimum absolute atomic E-state index is 0.0831. The minimum atomic E-state index is 0.0831. The molecule has 3 aromatic rings. The van der Waals surface area contributed by atoms with Gasteiger partial charge in [-0.05, 0) is 54.9 Å². The summed E-state index contributed by atoms with van der Waals surface area (Å²) in [6.07, 6.45) is 5.81. The molecule has 5 heteroatoms. The molecule has 4 nitrogen and oxygen atoms in total. The highest BCUT2D eigenvalue weighted by Crippen LogP contribution is 2.28. The van der Waals surface area contributed by atoms with Gasteiger partial charge in [-0.25, -0.2) is 0 Å². The van der Waals surface area contributed by atoms with E-state index in [9.17, 15) is 4.79 Å². The average Bonchev–Trinajstić information content (AvgIpc) is 3.54. The lowest BCUT2D eigenvalue weighted by atomic mass is 10.1. The number of likely N-dealkylation sites (tertiary alicyclic amines) is 1. The summed E-state index contributed by atoms with van der Waals surface area (Å²) in [5, 5.41) is 2.09. The summed E-state index contributed by atoms with van der Waals surface area (Å²) in [7, 11) is 0. The van der Waals surface area contributed by atoms with E-state index in [1.54, 1.807) is 11.3 Å². The number of rotatable bonds is 9. The minimum Gasteiger partial charge on any atom is -0.346 e. The van der Waals surface area contributed by atoms with E-state index in [4.69, 9.17) is 0 Å². The first kappa shape index (κ1) is 20.9. The van der Waals surface area contributed by atoms with E-state index < -0.39 is 0 Å². The van der Waals surface area contributed by atoms with Crippen LogP contribution in [0.3, 0.4) is 0 Å². The fourth-order valence-electron chi connectivity index (χ4n) is 4.45. The van der Waals surface area contributed by atoms with Gasteiger partial charge in [-0.3, -0.25) is 9.69 Å². The SMILES string of the molecule is CCN(C[C@@H]1CCN(Cc2ccccc2)C1)C(=O)C[C@H](c1cccs1)n1cccc1. The van der Waals surface area contributed by atoms with Crippen molar-refractivity contribution in [1.82, 2.24) is 14.4 Å². The Morgan fingerprint density at radius 3 is 2.63 bits per heavy atom. The number of hydrogen-bond donors (Lipinski definition) is 0. The third-order valence-corrected chi connectivity index (χ3v) is 7.03. The molecule has 1 aliphatic heterocycles. The van der Waals surface area contributed by atoms with Gasteiger partial charge in [-0.1, -0.05) is 36.4 Å². The monoisotopic (exact) mass is 421 g/mol. The van der Waals surface area contributed by atoms with Crippen LogP contribution in [-0.4, -0.2) is 46.5 Å². The zero-order valence-electron chi connectivity index (χ0n) is 17.7. The summed E-state index contributed by atoms with van der Waals surface area (Å²) in [5.74, 6) is 0.815. The van der Waals surface area contributed by atoms with E-state index >= 15 is 0 Å². The second-order valence-electron chi connectivity index (χ2n) is 8.17. The van der Waals surface area contributed by atoms with Gasteiger partial charge in [0, 0.05) is 43.4 Å². The lowest BCUT2D eigenvalue weighted by molar-refractivity contribution is -0.132. The second-order valence-corrected chi connectivity index (χ2v) is 9.15. The molecule has 158 valence electrons. The van der Waals surface area contributed by atoms with Gasteiger partial charge in [0.25, 0.3) is 0 Å². The number of carbonyl (C=O) groups excluding carboxylic acids is 1. The molecule has 2 aromatic heterocycles. The zero-order chi connectivity index (χ0) is 20.8. The standard InChI is InChI=1S/C25H31N3OS/c1-2-27(20-22-12-15-26(19-22)18-21-9-4-3-5-10-21)25(29)17-23(24-11-8-16-30-24)28-13-6-7-14-28/h3-11,13-14,16,22-23H,2,12,15,17-20H2,1H3/t22-,23-/m1/s1. The van der Waals surface area contributed by atoms with Crippen molar-refractivity contribution < 1.29 is 4.79 Å². The van der Waals surface area contributed by atoms with Crippen LogP contribution in [0.1, 0.15) is 36.2 Å². The molecule has 1 fully saturated rings. The molecule has 0 N–H and O–H groups in total. The van der Waals surface area contributed by atoms with Crippen molar-refractivity contribution in [3.63, 3.8) is 0 Å². The quantitative estimate of drug-likeness (QED) is 0.492. The topological polar surface area (TPSA) is 28.5 Å².